The summed E-state index contributed by atoms with van der Waals surface area (Å²) >= 11 is 0. The van der Waals surface area contributed by atoms with E-state index in [4.69, 9.17) is 14.5 Å². The van der Waals surface area contributed by atoms with Crippen LogP contribution in [0.15, 0.2) is 24.5 Å². The molecule has 3 saturated heterocycles. The summed E-state index contributed by atoms with van der Waals surface area (Å²) in [5.74, 6) is 1.11. The molecule has 3 aliphatic heterocycles. The van der Waals surface area contributed by atoms with Gasteiger partial charge in [-0.25, -0.2) is 19.6 Å². The van der Waals surface area contributed by atoms with Crippen molar-refractivity contribution in [2.24, 2.45) is 5.41 Å². The topological polar surface area (TPSA) is 98.5 Å². The fourth-order valence-electron chi connectivity index (χ4n) is 5.27. The number of piperidine rings is 1. The Bertz CT molecular complexity index is 1320. The molecule has 3 aromatic rings. The molecule has 0 unspecified atom stereocenters. The third-order valence-electron chi connectivity index (χ3n) is 7.43. The predicted octanol–water partition coefficient (Wildman–Crippen LogP) is 3.23. The molecule has 3 aliphatic rings. The van der Waals surface area contributed by atoms with E-state index in [-0.39, 0.29) is 17.4 Å². The fraction of sp³-hybridized carbons (Fsp3) is 0.542. The maximum Gasteiger partial charge on any atom is 0.433 e. The van der Waals surface area contributed by atoms with Gasteiger partial charge in [0.2, 0.25) is 5.91 Å². The first-order valence-electron chi connectivity index (χ1n) is 12.3. The molecule has 0 radical (unpaired) electrons. The highest BCUT2D eigenvalue weighted by molar-refractivity contribution is 5.96. The van der Waals surface area contributed by atoms with Gasteiger partial charge in [0.05, 0.1) is 37.9 Å². The average Bonchev–Trinajstić information content (AvgIpc) is 3.35. The lowest BCUT2D eigenvalue weighted by Crippen LogP contribution is -2.42. The van der Waals surface area contributed by atoms with E-state index in [2.05, 4.69) is 20.0 Å². The molecule has 0 aliphatic carbocycles. The number of anilines is 2. The van der Waals surface area contributed by atoms with Crippen molar-refractivity contribution in [2.45, 2.75) is 38.4 Å². The van der Waals surface area contributed by atoms with Crippen LogP contribution in [0.2, 0.25) is 0 Å². The average molecular weight is 518 g/mol. The molecule has 3 fully saturated rings. The first kappa shape index (κ1) is 23.9. The van der Waals surface area contributed by atoms with E-state index in [1.165, 1.54) is 6.07 Å². The summed E-state index contributed by atoms with van der Waals surface area (Å²) in [5, 5.41) is 4.57. The molecule has 6 heterocycles. The Morgan fingerprint density at radius 3 is 2.57 bits per heavy atom. The number of ether oxygens (including phenoxy) is 2. The van der Waals surface area contributed by atoms with E-state index >= 15 is 0 Å². The molecule has 1 amide bonds. The number of fused-ring (bicyclic) bond motifs is 1. The van der Waals surface area contributed by atoms with Gasteiger partial charge in [-0.2, -0.15) is 13.2 Å². The molecule has 0 N–H and O–H groups in total. The lowest BCUT2D eigenvalue weighted by Gasteiger charge is -2.39. The van der Waals surface area contributed by atoms with Crippen molar-refractivity contribution < 1.29 is 27.4 Å². The minimum Gasteiger partial charge on any atom is -0.475 e. The summed E-state index contributed by atoms with van der Waals surface area (Å²) in [7, 11) is 0. The second-order valence-corrected chi connectivity index (χ2v) is 9.82. The molecule has 0 saturated carbocycles. The van der Waals surface area contributed by atoms with Crippen LogP contribution in [-0.4, -0.2) is 70.1 Å². The SMILES string of the molecule is CCOc1nn(C2COC2)c2nc(N3CCC4(CC3)CC(=O)N(c3ccc(C(F)(F)F)nc3)C4)cnc12. The maximum atomic E-state index is 12.9. The van der Waals surface area contributed by atoms with Gasteiger partial charge < -0.3 is 19.3 Å². The molecule has 0 atom stereocenters. The van der Waals surface area contributed by atoms with Crippen molar-refractivity contribution >= 4 is 28.6 Å². The minimum absolute atomic E-state index is 0.0914. The number of alkyl halides is 3. The van der Waals surface area contributed by atoms with Crippen molar-refractivity contribution in [2.75, 3.05) is 49.3 Å². The maximum absolute atomic E-state index is 12.9. The highest BCUT2D eigenvalue weighted by Crippen LogP contribution is 2.43. The fourth-order valence-corrected chi connectivity index (χ4v) is 5.27. The van der Waals surface area contributed by atoms with E-state index in [0.29, 0.717) is 68.6 Å². The highest BCUT2D eigenvalue weighted by atomic mass is 19.4. The number of aromatic nitrogens is 5. The van der Waals surface area contributed by atoms with Crippen molar-refractivity contribution in [1.82, 2.24) is 24.7 Å². The van der Waals surface area contributed by atoms with E-state index in [9.17, 15) is 18.0 Å². The van der Waals surface area contributed by atoms with Gasteiger partial charge >= 0.3 is 6.18 Å². The van der Waals surface area contributed by atoms with Crippen LogP contribution >= 0.6 is 0 Å². The lowest BCUT2D eigenvalue weighted by atomic mass is 9.77. The van der Waals surface area contributed by atoms with Gasteiger partial charge in [0.1, 0.15) is 17.6 Å². The Balaban J connectivity index is 1.17. The number of carbonyl (C=O) groups is 1. The first-order valence-corrected chi connectivity index (χ1v) is 12.3. The normalized spacial score (nSPS) is 20.2. The number of hydrogen-bond donors (Lipinski definition) is 0. The van der Waals surface area contributed by atoms with E-state index in [0.717, 1.165) is 30.9 Å². The molecule has 1 spiro atoms. The molecule has 13 heteroatoms. The molecule has 0 bridgehead atoms. The van der Waals surface area contributed by atoms with Gasteiger partial charge in [0.15, 0.2) is 11.2 Å². The summed E-state index contributed by atoms with van der Waals surface area (Å²) in [5.41, 5.74) is 0.469. The van der Waals surface area contributed by atoms with Gasteiger partial charge in [-0.15, -0.1) is 5.10 Å². The molecule has 6 rings (SSSR count). The summed E-state index contributed by atoms with van der Waals surface area (Å²) in [6.45, 7) is 5.34. The Labute approximate surface area is 210 Å². The second-order valence-electron chi connectivity index (χ2n) is 9.82. The Hall–Kier alpha value is -3.48. The Morgan fingerprint density at radius 2 is 1.95 bits per heavy atom. The first-order chi connectivity index (χ1) is 17.8. The number of hydrogen-bond acceptors (Lipinski definition) is 8. The van der Waals surface area contributed by atoms with Crippen molar-refractivity contribution in [3.05, 3.63) is 30.2 Å². The molecule has 196 valence electrons. The van der Waals surface area contributed by atoms with E-state index in [1.807, 2.05) is 11.6 Å². The zero-order chi connectivity index (χ0) is 25.8. The predicted molar refractivity (Wildman–Crippen MR) is 126 cm³/mol. The van der Waals surface area contributed by atoms with Crippen molar-refractivity contribution in [3.63, 3.8) is 0 Å². The van der Waals surface area contributed by atoms with Crippen LogP contribution in [0.1, 0.15) is 37.9 Å². The standard InChI is InChI=1S/C24H26F3N7O3/c1-2-37-22-20-21(34(31-22)16-12-36-13-16)30-18(11-29-20)32-7-5-23(6-8-32)9-19(35)33(14-23)15-3-4-17(28-10-15)24(25,26)27/h3-4,10-11,16H,2,5-9,12-14H2,1H3. The number of carbonyl (C=O) groups excluding carboxylic acids is 1. The van der Waals surface area contributed by atoms with E-state index in [1.54, 1.807) is 11.1 Å². The van der Waals surface area contributed by atoms with Crippen LogP contribution in [0.4, 0.5) is 24.7 Å². The molecule has 3 aromatic heterocycles. The van der Waals surface area contributed by atoms with Gasteiger partial charge in [-0.1, -0.05) is 0 Å². The third-order valence-corrected chi connectivity index (χ3v) is 7.43. The third kappa shape index (κ3) is 4.24. The van der Waals surface area contributed by atoms with Gasteiger partial charge in [0, 0.05) is 31.5 Å². The van der Waals surface area contributed by atoms with E-state index < -0.39 is 11.9 Å². The molecular weight excluding hydrogens is 491 g/mol. The Kier molecular flexibility index (Phi) is 5.70. The number of nitrogens with zero attached hydrogens (tertiary/aromatic N) is 7. The van der Waals surface area contributed by atoms with Gasteiger partial charge in [0.25, 0.3) is 5.88 Å². The lowest BCUT2D eigenvalue weighted by molar-refractivity contribution is -0.141. The van der Waals surface area contributed by atoms with Crippen LogP contribution < -0.4 is 14.5 Å². The summed E-state index contributed by atoms with van der Waals surface area (Å²) in [4.78, 5) is 29.5. The van der Waals surface area contributed by atoms with Gasteiger partial charge in [-0.3, -0.25) is 4.79 Å². The van der Waals surface area contributed by atoms with Crippen LogP contribution in [0, 0.1) is 5.41 Å². The number of halogens is 3. The number of rotatable bonds is 5. The molecular formula is C24H26F3N7O3. The van der Waals surface area contributed by atoms with Gasteiger partial charge in [-0.05, 0) is 31.9 Å². The summed E-state index contributed by atoms with van der Waals surface area (Å²) in [6, 6.07) is 2.34. The molecule has 10 nitrogen and oxygen atoms in total. The minimum atomic E-state index is -4.51. The van der Waals surface area contributed by atoms with Crippen LogP contribution in [0.25, 0.3) is 11.2 Å². The summed E-state index contributed by atoms with van der Waals surface area (Å²) in [6.07, 6.45) is 0.213. The highest BCUT2D eigenvalue weighted by Gasteiger charge is 2.46. The number of amides is 1. The van der Waals surface area contributed by atoms with Crippen LogP contribution in [0.3, 0.4) is 0 Å². The van der Waals surface area contributed by atoms with Crippen LogP contribution in [0.5, 0.6) is 5.88 Å². The quantitative estimate of drug-likeness (QED) is 0.509. The zero-order valence-electron chi connectivity index (χ0n) is 20.2. The van der Waals surface area contributed by atoms with Crippen LogP contribution in [-0.2, 0) is 15.7 Å². The Morgan fingerprint density at radius 1 is 1.16 bits per heavy atom. The summed E-state index contributed by atoms with van der Waals surface area (Å²) < 4.78 is 51.4. The van der Waals surface area contributed by atoms with Crippen molar-refractivity contribution in [3.8, 4) is 5.88 Å². The largest absolute Gasteiger partial charge is 0.475 e. The molecule has 37 heavy (non-hydrogen) atoms. The van der Waals surface area contributed by atoms with Crippen molar-refractivity contribution in [1.29, 1.82) is 0 Å². The molecule has 0 aromatic carbocycles. The monoisotopic (exact) mass is 517 g/mol. The second kappa shape index (κ2) is 8.82. The number of pyridine rings is 1. The zero-order valence-corrected chi connectivity index (χ0v) is 20.2. The smallest absolute Gasteiger partial charge is 0.433 e.